The highest BCUT2D eigenvalue weighted by atomic mass is 32.2. The Morgan fingerprint density at radius 1 is 0.710 bits per heavy atom. The van der Waals surface area contributed by atoms with Crippen molar-refractivity contribution in [3.8, 4) is 0 Å². The fraction of sp³-hybridized carbons (Fsp3) is 0.333. The molecule has 0 spiro atoms. The van der Waals surface area contributed by atoms with E-state index in [-0.39, 0.29) is 15.2 Å². The predicted molar refractivity (Wildman–Crippen MR) is 139 cm³/mol. The summed E-state index contributed by atoms with van der Waals surface area (Å²) in [7, 11) is 0. The normalized spacial score (nSPS) is 14.2. The lowest BCUT2D eigenvalue weighted by Crippen LogP contribution is -2.46. The third kappa shape index (κ3) is 6.58. The minimum atomic E-state index is -0.825. The molecule has 0 aliphatic rings. The van der Waals surface area contributed by atoms with Crippen LogP contribution in [0.15, 0.2) is 106 Å². The average molecular weight is 469 g/mol. The molecule has 0 heterocycles. The van der Waals surface area contributed by atoms with Gasteiger partial charge in [0.15, 0.2) is 0 Å². The van der Waals surface area contributed by atoms with Crippen molar-refractivity contribution in [1.82, 2.24) is 0 Å². The Labute approximate surface area is 200 Å². The van der Waals surface area contributed by atoms with E-state index in [1.165, 1.54) is 14.7 Å². The Morgan fingerprint density at radius 2 is 1.10 bits per heavy atom. The quantitative estimate of drug-likeness (QED) is 0.239. The largest absolute Gasteiger partial charge is 0.389 e. The van der Waals surface area contributed by atoms with Gasteiger partial charge in [-0.3, -0.25) is 0 Å². The van der Waals surface area contributed by atoms with Crippen LogP contribution in [0.4, 0.5) is 0 Å². The molecule has 0 radical (unpaired) electrons. The SMILES string of the molecule is CCC(Sc1ccccc1)(Sc1ccccc1)[C@H](C)[C@@H](Sc1ccccc1)C(C)(C)O. The molecule has 0 saturated heterocycles. The van der Waals surface area contributed by atoms with Gasteiger partial charge in [-0.05, 0) is 62.6 Å². The lowest BCUT2D eigenvalue weighted by atomic mass is 9.90. The van der Waals surface area contributed by atoms with Crippen molar-refractivity contribution in [3.63, 3.8) is 0 Å². The molecule has 1 nitrogen and oxygen atoms in total. The van der Waals surface area contributed by atoms with Gasteiger partial charge in [0.2, 0.25) is 0 Å². The highest BCUT2D eigenvalue weighted by molar-refractivity contribution is 8.18. The number of hydrogen-bond acceptors (Lipinski definition) is 4. The first-order valence-corrected chi connectivity index (χ1v) is 13.3. The first-order valence-electron chi connectivity index (χ1n) is 10.8. The fourth-order valence-electron chi connectivity index (χ4n) is 3.78. The van der Waals surface area contributed by atoms with Crippen LogP contribution < -0.4 is 0 Å². The molecule has 0 fully saturated rings. The summed E-state index contributed by atoms with van der Waals surface area (Å²) in [5.41, 5.74) is -0.825. The van der Waals surface area contributed by atoms with Crippen molar-refractivity contribution in [2.75, 3.05) is 0 Å². The second-order valence-corrected chi connectivity index (χ2v) is 12.6. The van der Waals surface area contributed by atoms with E-state index in [0.29, 0.717) is 0 Å². The van der Waals surface area contributed by atoms with Crippen LogP contribution >= 0.6 is 35.3 Å². The third-order valence-electron chi connectivity index (χ3n) is 5.41. The fourth-order valence-corrected chi connectivity index (χ4v) is 8.35. The minimum absolute atomic E-state index is 0.0299. The topological polar surface area (TPSA) is 20.2 Å². The summed E-state index contributed by atoms with van der Waals surface area (Å²) in [6.07, 6.45) is 0.981. The number of aliphatic hydroxyl groups is 1. The molecule has 2 atom stereocenters. The second kappa shape index (κ2) is 11.0. The maximum absolute atomic E-state index is 11.3. The third-order valence-corrected chi connectivity index (χ3v) is 10.7. The molecule has 1 N–H and O–H groups in total. The smallest absolute Gasteiger partial charge is 0.0739 e. The Bertz CT molecular complexity index is 866. The molecule has 4 heteroatoms. The first kappa shape index (κ1) is 24.3. The van der Waals surface area contributed by atoms with E-state index in [4.69, 9.17) is 0 Å². The molecule has 3 aromatic rings. The van der Waals surface area contributed by atoms with Crippen molar-refractivity contribution >= 4 is 35.3 Å². The van der Waals surface area contributed by atoms with Crippen molar-refractivity contribution in [1.29, 1.82) is 0 Å². The van der Waals surface area contributed by atoms with Gasteiger partial charge >= 0.3 is 0 Å². The molecule has 0 unspecified atom stereocenters. The van der Waals surface area contributed by atoms with Crippen LogP contribution in [-0.2, 0) is 0 Å². The number of thioether (sulfide) groups is 3. The molecule has 31 heavy (non-hydrogen) atoms. The second-order valence-electron chi connectivity index (χ2n) is 8.29. The average Bonchev–Trinajstić information content (AvgIpc) is 2.78. The lowest BCUT2D eigenvalue weighted by Gasteiger charge is -2.45. The maximum atomic E-state index is 11.3. The van der Waals surface area contributed by atoms with Gasteiger partial charge in [0.25, 0.3) is 0 Å². The summed E-state index contributed by atoms with van der Waals surface area (Å²) < 4.78 is -0.130. The Balaban J connectivity index is 2.01. The van der Waals surface area contributed by atoms with Crippen molar-refractivity contribution in [3.05, 3.63) is 91.0 Å². The van der Waals surface area contributed by atoms with Crippen molar-refractivity contribution < 1.29 is 5.11 Å². The van der Waals surface area contributed by atoms with Crippen LogP contribution in [0.1, 0.15) is 34.1 Å². The Hall–Kier alpha value is -1.33. The molecule has 0 saturated carbocycles. The van der Waals surface area contributed by atoms with Crippen LogP contribution in [0.25, 0.3) is 0 Å². The first-order chi connectivity index (χ1) is 14.8. The molecule has 0 bridgehead atoms. The van der Waals surface area contributed by atoms with Crippen molar-refractivity contribution in [2.45, 2.75) is 63.7 Å². The van der Waals surface area contributed by atoms with Crippen LogP contribution in [0.2, 0.25) is 0 Å². The molecular formula is C27H32OS3. The van der Waals surface area contributed by atoms with E-state index in [1.807, 2.05) is 43.4 Å². The van der Waals surface area contributed by atoms with E-state index in [9.17, 15) is 5.11 Å². The summed E-state index contributed by atoms with van der Waals surface area (Å²) in [5.74, 6) is 0.220. The molecule has 0 aromatic heterocycles. The number of hydrogen-bond donors (Lipinski definition) is 1. The number of benzene rings is 3. The van der Waals surface area contributed by atoms with Gasteiger partial charge in [0.05, 0.1) is 9.68 Å². The Morgan fingerprint density at radius 3 is 1.45 bits per heavy atom. The molecular weight excluding hydrogens is 436 g/mol. The van der Waals surface area contributed by atoms with Crippen molar-refractivity contribution in [2.24, 2.45) is 5.92 Å². The van der Waals surface area contributed by atoms with E-state index in [1.54, 1.807) is 11.8 Å². The van der Waals surface area contributed by atoms with Gasteiger partial charge < -0.3 is 5.11 Å². The van der Waals surface area contributed by atoms with Gasteiger partial charge in [-0.25, -0.2) is 0 Å². The Kier molecular flexibility index (Phi) is 8.63. The van der Waals surface area contributed by atoms with Crippen LogP contribution in [0.3, 0.4) is 0 Å². The van der Waals surface area contributed by atoms with E-state index in [0.717, 1.165) is 6.42 Å². The zero-order valence-corrected chi connectivity index (χ0v) is 21.1. The summed E-state index contributed by atoms with van der Waals surface area (Å²) in [5, 5.41) is 11.3. The standard InChI is InChI=1S/C27H32OS3/c1-5-27(30-23-17-11-7-12-18-23,31-24-19-13-8-14-20-24)21(2)25(26(3,4)28)29-22-15-9-6-10-16-22/h6-21,25,28H,5H2,1-4H3/t21-,25-/m1/s1. The monoisotopic (exact) mass is 468 g/mol. The van der Waals surface area contributed by atoms with Gasteiger partial charge in [0, 0.05) is 19.9 Å². The molecule has 0 aliphatic carbocycles. The lowest BCUT2D eigenvalue weighted by molar-refractivity contribution is 0.0607. The van der Waals surface area contributed by atoms with Gasteiger partial charge in [-0.1, -0.05) is 68.4 Å². The molecule has 164 valence electrons. The van der Waals surface area contributed by atoms with Gasteiger partial charge in [0.1, 0.15) is 0 Å². The zero-order valence-electron chi connectivity index (χ0n) is 18.7. The van der Waals surface area contributed by atoms with E-state index >= 15 is 0 Å². The van der Waals surface area contributed by atoms with E-state index in [2.05, 4.69) is 98.8 Å². The summed E-state index contributed by atoms with van der Waals surface area (Å²) >= 11 is 5.66. The van der Waals surface area contributed by atoms with Crippen LogP contribution in [-0.4, -0.2) is 20.0 Å². The summed E-state index contributed by atoms with van der Waals surface area (Å²) in [6, 6.07) is 31.8. The zero-order chi connectivity index (χ0) is 22.3. The van der Waals surface area contributed by atoms with Gasteiger partial charge in [-0.15, -0.1) is 35.3 Å². The van der Waals surface area contributed by atoms with Crippen LogP contribution in [0, 0.1) is 5.92 Å². The van der Waals surface area contributed by atoms with Gasteiger partial charge in [-0.2, -0.15) is 0 Å². The maximum Gasteiger partial charge on any atom is 0.0739 e. The molecule has 0 aliphatic heterocycles. The summed E-state index contributed by atoms with van der Waals surface area (Å²) in [6.45, 7) is 8.49. The molecule has 3 rings (SSSR count). The van der Waals surface area contributed by atoms with E-state index < -0.39 is 5.60 Å². The molecule has 3 aromatic carbocycles. The highest BCUT2D eigenvalue weighted by Gasteiger charge is 2.46. The predicted octanol–water partition coefficient (Wildman–Crippen LogP) is 8.25. The summed E-state index contributed by atoms with van der Waals surface area (Å²) in [4.78, 5) is 3.72. The van der Waals surface area contributed by atoms with Crippen LogP contribution in [0.5, 0.6) is 0 Å². The molecule has 0 amide bonds. The highest BCUT2D eigenvalue weighted by Crippen LogP contribution is 2.56. The number of rotatable bonds is 10. The minimum Gasteiger partial charge on any atom is -0.389 e.